The number of para-hydroxylation sites is 5. The van der Waals surface area contributed by atoms with E-state index in [0.29, 0.717) is 13.0 Å². The van der Waals surface area contributed by atoms with Crippen LogP contribution in [0.5, 0.6) is 0 Å². The van der Waals surface area contributed by atoms with Crippen molar-refractivity contribution in [2.75, 3.05) is 11.9 Å². The first-order valence-corrected chi connectivity index (χ1v) is 12.1. The Balaban J connectivity index is 1.52. The number of aromatic nitrogens is 2. The van der Waals surface area contributed by atoms with Crippen molar-refractivity contribution < 1.29 is 14.1 Å². The maximum absolute atomic E-state index is 13.4. The van der Waals surface area contributed by atoms with E-state index in [1.165, 1.54) is 0 Å². The molecule has 1 aliphatic rings. The molecular weight excluding hydrogens is 438 g/mol. The number of nitrogens with one attached hydrogen (secondary N) is 1. The van der Waals surface area contributed by atoms with Gasteiger partial charge in [-0.25, -0.2) is 14.6 Å². The number of fused-ring (bicyclic) bond motifs is 1. The second-order valence-electron chi connectivity index (χ2n) is 9.18. The number of nitrogens with zero attached hydrogens (tertiary/aromatic N) is 3. The molecule has 2 atom stereocenters. The van der Waals surface area contributed by atoms with E-state index < -0.39 is 6.03 Å². The number of rotatable bonds is 6. The third-order valence-corrected chi connectivity index (χ3v) is 7.11. The monoisotopic (exact) mass is 468 g/mol. The molecule has 1 saturated heterocycles. The van der Waals surface area contributed by atoms with Crippen molar-refractivity contribution in [2.24, 2.45) is 5.73 Å². The van der Waals surface area contributed by atoms with Gasteiger partial charge in [0.1, 0.15) is 11.9 Å². The van der Waals surface area contributed by atoms with Gasteiger partial charge >= 0.3 is 11.9 Å². The molecule has 0 bridgehead atoms. The van der Waals surface area contributed by atoms with Crippen molar-refractivity contribution in [1.29, 1.82) is 0 Å². The first kappa shape index (κ1) is 22.8. The van der Waals surface area contributed by atoms with Crippen LogP contribution in [0, 0.1) is 0 Å². The van der Waals surface area contributed by atoms with Gasteiger partial charge in [-0.1, -0.05) is 42.5 Å². The number of carbonyl (C=O) groups is 2. The molecule has 3 N–H and O–H groups in total. The molecule has 1 aromatic heterocycles. The number of quaternary nitrogens is 1. The van der Waals surface area contributed by atoms with Gasteiger partial charge in [-0.05, 0) is 43.3 Å². The van der Waals surface area contributed by atoms with Crippen LogP contribution in [0.25, 0.3) is 16.7 Å². The lowest BCUT2D eigenvalue weighted by Gasteiger charge is -2.31. The first-order chi connectivity index (χ1) is 17.0. The number of amides is 3. The molecule has 3 aromatic carbocycles. The fraction of sp³-hybridized carbons (Fsp3) is 0.250. The van der Waals surface area contributed by atoms with E-state index in [0.717, 1.165) is 46.8 Å². The maximum Gasteiger partial charge on any atom is 0.421 e. The Bertz CT molecular complexity index is 1380. The number of carbonyl (C=O) groups excluding carboxylic acids is 2. The van der Waals surface area contributed by atoms with E-state index in [9.17, 15) is 9.59 Å². The van der Waals surface area contributed by atoms with Crippen molar-refractivity contribution in [3.63, 3.8) is 0 Å². The maximum atomic E-state index is 13.4. The van der Waals surface area contributed by atoms with E-state index in [4.69, 9.17) is 10.7 Å². The van der Waals surface area contributed by atoms with Crippen molar-refractivity contribution >= 4 is 34.3 Å². The average molecular weight is 469 g/mol. The molecule has 1 unspecified atom stereocenters. The van der Waals surface area contributed by atoms with Crippen LogP contribution < -0.4 is 11.1 Å². The molecule has 178 valence electrons. The third-order valence-electron chi connectivity index (χ3n) is 7.11. The Morgan fingerprint density at radius 2 is 1.74 bits per heavy atom. The van der Waals surface area contributed by atoms with Crippen LogP contribution >= 0.6 is 0 Å². The second kappa shape index (κ2) is 9.35. The minimum atomic E-state index is -0.550. The predicted molar refractivity (Wildman–Crippen MR) is 138 cm³/mol. The molecule has 0 radical (unpaired) electrons. The second-order valence-corrected chi connectivity index (χ2v) is 9.18. The Labute approximate surface area is 204 Å². The highest BCUT2D eigenvalue weighted by molar-refractivity contribution is 5.84. The summed E-state index contributed by atoms with van der Waals surface area (Å²) in [6.45, 7) is 2.42. The molecule has 7 heteroatoms. The zero-order valence-electron chi connectivity index (χ0n) is 19.9. The summed E-state index contributed by atoms with van der Waals surface area (Å²) in [4.78, 5) is 30.6. The minimum Gasteiger partial charge on any atom is -0.354 e. The largest absolute Gasteiger partial charge is 0.421 e. The molecule has 0 spiro atoms. The number of imidazole rings is 1. The van der Waals surface area contributed by atoms with Gasteiger partial charge in [0, 0.05) is 24.9 Å². The normalized spacial score (nSPS) is 19.6. The summed E-state index contributed by atoms with van der Waals surface area (Å²) in [7, 11) is 0. The first-order valence-electron chi connectivity index (χ1n) is 12.1. The molecule has 3 amide bonds. The van der Waals surface area contributed by atoms with Gasteiger partial charge in [-0.3, -0.25) is 4.57 Å². The van der Waals surface area contributed by atoms with Crippen LogP contribution in [0.1, 0.15) is 32.0 Å². The zero-order valence-corrected chi connectivity index (χ0v) is 19.9. The van der Waals surface area contributed by atoms with Crippen molar-refractivity contribution in [3.05, 3.63) is 84.7 Å². The van der Waals surface area contributed by atoms with Gasteiger partial charge in [-0.2, -0.15) is 4.48 Å². The summed E-state index contributed by atoms with van der Waals surface area (Å²) in [6, 6.07) is 25.4. The lowest BCUT2D eigenvalue weighted by molar-refractivity contribution is -0.783. The Morgan fingerprint density at radius 1 is 1.03 bits per heavy atom. The van der Waals surface area contributed by atoms with Gasteiger partial charge in [-0.15, -0.1) is 0 Å². The standard InChI is InChI=1S/C28H29N5O2/c1-20-10-9-19-33(20,28(29)35)27(34)18-17-26-31-23-14-6-8-16-25(23)32(26)24-15-7-5-13-22(24)30-21-11-3-2-4-12-21/h2-8,11-16,20,30H,9-10,17-19H2,1H3,(H-,29,35)/p+1/t20-,33?/m1/s1. The van der Waals surface area contributed by atoms with Gasteiger partial charge in [0.25, 0.3) is 0 Å². The molecular formula is C28H30N5O2+. The quantitative estimate of drug-likeness (QED) is 0.376. The third kappa shape index (κ3) is 4.08. The number of hydrogen-bond acceptors (Lipinski definition) is 4. The minimum absolute atomic E-state index is 0.0883. The number of urea groups is 1. The number of likely N-dealkylation sites (tertiary alicyclic amines) is 1. The SMILES string of the molecule is C[C@@H]1CCC[N+]1(C(N)=O)C(=O)CCc1nc2ccccc2n1-c1ccccc1Nc1ccccc1. The number of imide groups is 1. The Hall–Kier alpha value is -3.97. The molecule has 2 heterocycles. The highest BCUT2D eigenvalue weighted by Gasteiger charge is 2.50. The fourth-order valence-electron chi connectivity index (χ4n) is 5.28. The van der Waals surface area contributed by atoms with Crippen LogP contribution in [0.3, 0.4) is 0 Å². The predicted octanol–water partition coefficient (Wildman–Crippen LogP) is 5.31. The molecule has 0 saturated carbocycles. The van der Waals surface area contributed by atoms with Crippen LogP contribution in [-0.4, -0.2) is 38.6 Å². The molecule has 4 aromatic rings. The molecule has 1 aliphatic heterocycles. The van der Waals surface area contributed by atoms with E-state index in [-0.39, 0.29) is 22.9 Å². The summed E-state index contributed by atoms with van der Waals surface area (Å²) in [5.74, 6) is 0.646. The van der Waals surface area contributed by atoms with E-state index >= 15 is 0 Å². The molecule has 7 nitrogen and oxygen atoms in total. The van der Waals surface area contributed by atoms with Gasteiger partial charge in [0.2, 0.25) is 0 Å². The smallest absolute Gasteiger partial charge is 0.354 e. The number of nitrogens with two attached hydrogens (primary N) is 1. The Kier molecular flexibility index (Phi) is 6.09. The summed E-state index contributed by atoms with van der Waals surface area (Å²) in [5.41, 5.74) is 10.4. The van der Waals surface area contributed by atoms with Crippen LogP contribution in [0.2, 0.25) is 0 Å². The van der Waals surface area contributed by atoms with Crippen molar-refractivity contribution in [2.45, 2.75) is 38.6 Å². The fourth-order valence-corrected chi connectivity index (χ4v) is 5.28. The van der Waals surface area contributed by atoms with Gasteiger partial charge < -0.3 is 11.1 Å². The van der Waals surface area contributed by atoms with Crippen LogP contribution in [0.4, 0.5) is 16.2 Å². The summed E-state index contributed by atoms with van der Waals surface area (Å²) in [6.07, 6.45) is 2.26. The highest BCUT2D eigenvalue weighted by atomic mass is 16.2. The van der Waals surface area contributed by atoms with Gasteiger partial charge in [0.15, 0.2) is 0 Å². The number of benzene rings is 3. The van der Waals surface area contributed by atoms with Crippen molar-refractivity contribution in [3.8, 4) is 5.69 Å². The molecule has 1 fully saturated rings. The van der Waals surface area contributed by atoms with Crippen molar-refractivity contribution in [1.82, 2.24) is 9.55 Å². The number of primary amides is 1. The Morgan fingerprint density at radius 3 is 2.49 bits per heavy atom. The van der Waals surface area contributed by atoms with E-state index in [1.54, 1.807) is 0 Å². The lowest BCUT2D eigenvalue weighted by atomic mass is 10.1. The number of anilines is 2. The molecule has 5 rings (SSSR count). The highest BCUT2D eigenvalue weighted by Crippen LogP contribution is 2.31. The summed E-state index contributed by atoms with van der Waals surface area (Å²) in [5, 5.41) is 3.51. The number of aryl methyl sites for hydroxylation is 1. The van der Waals surface area contributed by atoms with E-state index in [2.05, 4.69) is 9.88 Å². The van der Waals surface area contributed by atoms with E-state index in [1.807, 2.05) is 85.8 Å². The molecule has 35 heavy (non-hydrogen) atoms. The topological polar surface area (TPSA) is 90.0 Å². The summed E-state index contributed by atoms with van der Waals surface area (Å²) < 4.78 is 1.85. The van der Waals surface area contributed by atoms with Gasteiger partial charge in [0.05, 0.1) is 35.4 Å². The summed E-state index contributed by atoms with van der Waals surface area (Å²) >= 11 is 0. The number of hydrogen-bond donors (Lipinski definition) is 2. The zero-order chi connectivity index (χ0) is 24.4. The lowest BCUT2D eigenvalue weighted by Crippen LogP contribution is -2.61. The van der Waals surface area contributed by atoms with Crippen LogP contribution in [0.15, 0.2) is 78.9 Å². The molecule has 0 aliphatic carbocycles. The average Bonchev–Trinajstić information content (AvgIpc) is 3.44. The van der Waals surface area contributed by atoms with Crippen LogP contribution in [-0.2, 0) is 11.2 Å².